The lowest BCUT2D eigenvalue weighted by atomic mass is 9.97. The zero-order valence-corrected chi connectivity index (χ0v) is 15.3. The van der Waals surface area contributed by atoms with Crippen LogP contribution in [0.4, 0.5) is 4.79 Å². The van der Waals surface area contributed by atoms with Crippen molar-refractivity contribution >= 4 is 12.0 Å². The van der Waals surface area contributed by atoms with Crippen LogP contribution in [0.1, 0.15) is 57.7 Å². The molecule has 2 amide bonds. The van der Waals surface area contributed by atoms with E-state index in [2.05, 4.69) is 15.5 Å². The summed E-state index contributed by atoms with van der Waals surface area (Å²) >= 11 is 0. The van der Waals surface area contributed by atoms with Crippen molar-refractivity contribution in [3.8, 4) is 0 Å². The van der Waals surface area contributed by atoms with Gasteiger partial charge < -0.3 is 19.5 Å². The Morgan fingerprint density at radius 2 is 2.08 bits per heavy atom. The summed E-state index contributed by atoms with van der Waals surface area (Å²) in [7, 11) is 0. The molecule has 8 heteroatoms. The summed E-state index contributed by atoms with van der Waals surface area (Å²) < 4.78 is 10.2. The SMILES string of the molecule is CCOC(=O)C1CCN(C(=O)NCCCc2nc(C(C)C)no2)CC1. The highest BCUT2D eigenvalue weighted by molar-refractivity contribution is 5.76. The van der Waals surface area contributed by atoms with Crippen LogP contribution in [-0.2, 0) is 16.0 Å². The van der Waals surface area contributed by atoms with Crippen LogP contribution in [0.25, 0.3) is 0 Å². The number of hydrogen-bond donors (Lipinski definition) is 1. The second-order valence-electron chi connectivity index (χ2n) is 6.55. The first-order chi connectivity index (χ1) is 12.0. The fraction of sp³-hybridized carbons (Fsp3) is 0.765. The normalized spacial score (nSPS) is 15.4. The molecule has 2 rings (SSSR count). The second-order valence-corrected chi connectivity index (χ2v) is 6.55. The van der Waals surface area contributed by atoms with E-state index in [0.29, 0.717) is 57.2 Å². The summed E-state index contributed by atoms with van der Waals surface area (Å²) in [6.07, 6.45) is 2.70. The number of esters is 1. The van der Waals surface area contributed by atoms with Gasteiger partial charge in [-0.3, -0.25) is 4.79 Å². The van der Waals surface area contributed by atoms with Gasteiger partial charge in [-0.2, -0.15) is 4.98 Å². The first kappa shape index (κ1) is 19.2. The predicted octanol–water partition coefficient (Wildman–Crippen LogP) is 2.11. The fourth-order valence-corrected chi connectivity index (χ4v) is 2.73. The summed E-state index contributed by atoms with van der Waals surface area (Å²) in [6, 6.07) is -0.0873. The molecular formula is C17H28N4O4. The summed E-state index contributed by atoms with van der Waals surface area (Å²) in [5.41, 5.74) is 0. The molecule has 2 heterocycles. The average molecular weight is 352 g/mol. The molecule has 1 N–H and O–H groups in total. The third kappa shape index (κ3) is 5.72. The Balaban J connectivity index is 1.63. The topological polar surface area (TPSA) is 97.6 Å². The van der Waals surface area contributed by atoms with E-state index in [1.54, 1.807) is 11.8 Å². The van der Waals surface area contributed by atoms with Gasteiger partial charge in [0.25, 0.3) is 0 Å². The van der Waals surface area contributed by atoms with Crippen molar-refractivity contribution in [2.24, 2.45) is 5.92 Å². The van der Waals surface area contributed by atoms with E-state index in [-0.39, 0.29) is 23.8 Å². The quantitative estimate of drug-likeness (QED) is 0.596. The van der Waals surface area contributed by atoms with Crippen molar-refractivity contribution in [1.82, 2.24) is 20.4 Å². The first-order valence-corrected chi connectivity index (χ1v) is 9.03. The summed E-state index contributed by atoms with van der Waals surface area (Å²) in [5, 5.41) is 6.82. The Morgan fingerprint density at radius 3 is 2.68 bits per heavy atom. The van der Waals surface area contributed by atoms with Gasteiger partial charge in [0.15, 0.2) is 5.82 Å². The standard InChI is InChI=1S/C17H28N4O4/c1-4-24-16(22)13-7-10-21(11-8-13)17(23)18-9-5-6-14-19-15(12(2)3)20-25-14/h12-13H,4-11H2,1-3H3,(H,18,23). The largest absolute Gasteiger partial charge is 0.466 e. The van der Waals surface area contributed by atoms with Crippen LogP contribution < -0.4 is 5.32 Å². The van der Waals surface area contributed by atoms with Crippen molar-refractivity contribution < 1.29 is 18.8 Å². The monoisotopic (exact) mass is 352 g/mol. The molecule has 1 fully saturated rings. The molecule has 1 saturated heterocycles. The molecule has 1 aromatic rings. The van der Waals surface area contributed by atoms with Gasteiger partial charge in [0.1, 0.15) is 0 Å². The smallest absolute Gasteiger partial charge is 0.317 e. The molecule has 140 valence electrons. The van der Waals surface area contributed by atoms with E-state index >= 15 is 0 Å². The number of piperidine rings is 1. The third-order valence-corrected chi connectivity index (χ3v) is 4.25. The maximum atomic E-state index is 12.2. The number of ether oxygens (including phenoxy) is 1. The van der Waals surface area contributed by atoms with Gasteiger partial charge in [-0.25, -0.2) is 4.79 Å². The van der Waals surface area contributed by atoms with Crippen LogP contribution in [0.2, 0.25) is 0 Å². The van der Waals surface area contributed by atoms with E-state index in [0.717, 1.165) is 6.42 Å². The lowest BCUT2D eigenvalue weighted by Gasteiger charge is -2.30. The van der Waals surface area contributed by atoms with Crippen molar-refractivity contribution in [2.75, 3.05) is 26.2 Å². The molecule has 8 nitrogen and oxygen atoms in total. The van der Waals surface area contributed by atoms with Crippen molar-refractivity contribution in [1.29, 1.82) is 0 Å². The van der Waals surface area contributed by atoms with Crippen LogP contribution in [0.5, 0.6) is 0 Å². The van der Waals surface area contributed by atoms with Gasteiger partial charge >= 0.3 is 12.0 Å². The molecule has 25 heavy (non-hydrogen) atoms. The number of urea groups is 1. The fourth-order valence-electron chi connectivity index (χ4n) is 2.73. The number of carbonyl (C=O) groups is 2. The highest BCUT2D eigenvalue weighted by atomic mass is 16.5. The number of hydrogen-bond acceptors (Lipinski definition) is 6. The van der Waals surface area contributed by atoms with Crippen LogP contribution in [0.3, 0.4) is 0 Å². The maximum absolute atomic E-state index is 12.2. The van der Waals surface area contributed by atoms with Crippen LogP contribution >= 0.6 is 0 Å². The average Bonchev–Trinajstić information content (AvgIpc) is 3.08. The number of nitrogens with zero attached hydrogens (tertiary/aromatic N) is 3. The first-order valence-electron chi connectivity index (χ1n) is 9.03. The zero-order chi connectivity index (χ0) is 18.2. The summed E-state index contributed by atoms with van der Waals surface area (Å²) in [6.45, 7) is 7.94. The summed E-state index contributed by atoms with van der Waals surface area (Å²) in [4.78, 5) is 29.9. The van der Waals surface area contributed by atoms with E-state index < -0.39 is 0 Å². The minimum absolute atomic E-state index is 0.0864. The van der Waals surface area contributed by atoms with Gasteiger partial charge in [-0.1, -0.05) is 19.0 Å². The minimum atomic E-state index is -0.150. The Hall–Kier alpha value is -2.12. The molecule has 0 spiro atoms. The molecule has 0 aromatic carbocycles. The van der Waals surface area contributed by atoms with Crippen LogP contribution in [0.15, 0.2) is 4.52 Å². The van der Waals surface area contributed by atoms with Gasteiger partial charge in [0.05, 0.1) is 12.5 Å². The number of aromatic nitrogens is 2. The number of nitrogens with one attached hydrogen (secondary N) is 1. The number of aryl methyl sites for hydroxylation is 1. The molecule has 0 atom stereocenters. The number of rotatable bonds is 7. The molecular weight excluding hydrogens is 324 g/mol. The Labute approximate surface area is 148 Å². The highest BCUT2D eigenvalue weighted by Gasteiger charge is 2.27. The van der Waals surface area contributed by atoms with Crippen LogP contribution in [0, 0.1) is 5.92 Å². The molecule has 0 radical (unpaired) electrons. The molecule has 0 aliphatic carbocycles. The summed E-state index contributed by atoms with van der Waals surface area (Å²) in [5.74, 6) is 1.33. The lowest BCUT2D eigenvalue weighted by molar-refractivity contribution is -0.149. The molecule has 1 aliphatic heterocycles. The van der Waals surface area contributed by atoms with Gasteiger partial charge in [0.2, 0.25) is 5.89 Å². The Morgan fingerprint density at radius 1 is 1.36 bits per heavy atom. The predicted molar refractivity (Wildman–Crippen MR) is 91.0 cm³/mol. The van der Waals surface area contributed by atoms with Gasteiger partial charge in [0, 0.05) is 32.0 Å². The van der Waals surface area contributed by atoms with Gasteiger partial charge in [-0.05, 0) is 26.2 Å². The van der Waals surface area contributed by atoms with Crippen molar-refractivity contribution in [2.45, 2.75) is 52.4 Å². The molecule has 0 bridgehead atoms. The Bertz CT molecular complexity index is 565. The van der Waals surface area contributed by atoms with E-state index in [9.17, 15) is 9.59 Å². The van der Waals surface area contributed by atoms with Crippen molar-refractivity contribution in [3.63, 3.8) is 0 Å². The zero-order valence-electron chi connectivity index (χ0n) is 15.3. The third-order valence-electron chi connectivity index (χ3n) is 4.25. The Kier molecular flexibility index (Phi) is 7.21. The van der Waals surface area contributed by atoms with E-state index in [1.807, 2.05) is 13.8 Å². The van der Waals surface area contributed by atoms with E-state index in [1.165, 1.54) is 0 Å². The lowest BCUT2D eigenvalue weighted by Crippen LogP contribution is -2.45. The van der Waals surface area contributed by atoms with Crippen LogP contribution in [-0.4, -0.2) is 53.3 Å². The molecule has 1 aromatic heterocycles. The number of amides is 2. The number of carbonyl (C=O) groups excluding carboxylic acids is 2. The van der Waals surface area contributed by atoms with E-state index in [4.69, 9.17) is 9.26 Å². The molecule has 1 aliphatic rings. The van der Waals surface area contributed by atoms with Gasteiger partial charge in [-0.15, -0.1) is 0 Å². The highest BCUT2D eigenvalue weighted by Crippen LogP contribution is 2.18. The van der Waals surface area contributed by atoms with Crippen molar-refractivity contribution in [3.05, 3.63) is 11.7 Å². The molecule has 0 unspecified atom stereocenters. The maximum Gasteiger partial charge on any atom is 0.317 e. The number of likely N-dealkylation sites (tertiary alicyclic amines) is 1. The second kappa shape index (κ2) is 9.39. The molecule has 0 saturated carbocycles. The minimum Gasteiger partial charge on any atom is -0.466 e.